The monoisotopic (exact) mass is 314 g/mol. The van der Waals surface area contributed by atoms with Gasteiger partial charge in [0.05, 0.1) is 0 Å². The lowest BCUT2D eigenvalue weighted by Gasteiger charge is -2.14. The first-order valence-electron chi connectivity index (χ1n) is 6.22. The SMILES string of the molecule is O=C1c2ccccc2CC1Oc1c(F)c(F)c(F)c(F)c1F. The summed E-state index contributed by atoms with van der Waals surface area (Å²) in [6.45, 7) is 0. The number of rotatable bonds is 2. The zero-order valence-electron chi connectivity index (χ0n) is 10.8. The number of halogens is 5. The van der Waals surface area contributed by atoms with Gasteiger partial charge in [0.15, 0.2) is 11.9 Å². The Kier molecular flexibility index (Phi) is 3.35. The minimum Gasteiger partial charge on any atom is -0.476 e. The highest BCUT2D eigenvalue weighted by Crippen LogP contribution is 2.32. The van der Waals surface area contributed by atoms with Gasteiger partial charge in [-0.1, -0.05) is 24.3 Å². The van der Waals surface area contributed by atoms with Crippen LogP contribution in [0.1, 0.15) is 15.9 Å². The van der Waals surface area contributed by atoms with E-state index in [2.05, 4.69) is 0 Å². The molecule has 2 nitrogen and oxygen atoms in total. The Morgan fingerprint density at radius 3 is 2.00 bits per heavy atom. The van der Waals surface area contributed by atoms with E-state index in [9.17, 15) is 26.7 Å². The number of ketones is 1. The van der Waals surface area contributed by atoms with Gasteiger partial charge >= 0.3 is 0 Å². The van der Waals surface area contributed by atoms with Gasteiger partial charge in [-0.2, -0.15) is 8.78 Å². The number of benzene rings is 2. The Morgan fingerprint density at radius 1 is 0.864 bits per heavy atom. The summed E-state index contributed by atoms with van der Waals surface area (Å²) in [4.78, 5) is 12.0. The molecule has 0 saturated carbocycles. The van der Waals surface area contributed by atoms with Crippen LogP contribution in [0.2, 0.25) is 0 Å². The second-order valence-corrected chi connectivity index (χ2v) is 4.73. The van der Waals surface area contributed by atoms with Gasteiger partial charge in [-0.15, -0.1) is 0 Å². The van der Waals surface area contributed by atoms with Crippen LogP contribution in [0.5, 0.6) is 5.75 Å². The number of fused-ring (bicyclic) bond motifs is 1. The first-order valence-corrected chi connectivity index (χ1v) is 6.22. The predicted octanol–water partition coefficient (Wildman–Crippen LogP) is 3.57. The van der Waals surface area contributed by atoms with Crippen molar-refractivity contribution in [3.8, 4) is 5.75 Å². The van der Waals surface area contributed by atoms with Crippen molar-refractivity contribution in [1.29, 1.82) is 0 Å². The molecule has 7 heteroatoms. The van der Waals surface area contributed by atoms with Gasteiger partial charge < -0.3 is 4.74 Å². The van der Waals surface area contributed by atoms with Crippen LogP contribution in [-0.2, 0) is 6.42 Å². The lowest BCUT2D eigenvalue weighted by molar-refractivity contribution is 0.0803. The van der Waals surface area contributed by atoms with Gasteiger partial charge in [0.2, 0.25) is 34.9 Å². The van der Waals surface area contributed by atoms with E-state index in [-0.39, 0.29) is 6.42 Å². The summed E-state index contributed by atoms with van der Waals surface area (Å²) in [5, 5.41) is 0. The number of ether oxygens (including phenoxy) is 1. The first-order chi connectivity index (χ1) is 10.4. The topological polar surface area (TPSA) is 26.3 Å². The third kappa shape index (κ3) is 2.04. The summed E-state index contributed by atoms with van der Waals surface area (Å²) in [6.07, 6.45) is -1.33. The smallest absolute Gasteiger partial charge is 0.207 e. The molecule has 22 heavy (non-hydrogen) atoms. The Morgan fingerprint density at radius 2 is 1.41 bits per heavy atom. The van der Waals surface area contributed by atoms with Crippen molar-refractivity contribution in [2.24, 2.45) is 0 Å². The molecule has 3 rings (SSSR count). The van der Waals surface area contributed by atoms with Crippen LogP contribution in [0.3, 0.4) is 0 Å². The van der Waals surface area contributed by atoms with E-state index in [1.165, 1.54) is 6.07 Å². The highest BCUT2D eigenvalue weighted by Gasteiger charge is 2.35. The number of carbonyl (C=O) groups is 1. The molecule has 0 fully saturated rings. The molecule has 2 aromatic carbocycles. The minimum atomic E-state index is -2.27. The molecule has 2 aromatic rings. The highest BCUT2D eigenvalue weighted by molar-refractivity contribution is 6.04. The van der Waals surface area contributed by atoms with Gasteiger partial charge in [0.25, 0.3) is 0 Å². The Hall–Kier alpha value is -2.44. The van der Waals surface area contributed by atoms with E-state index >= 15 is 0 Å². The molecule has 1 unspecified atom stereocenters. The molecule has 1 aliphatic carbocycles. The average Bonchev–Trinajstić information content (AvgIpc) is 2.84. The molecular formula is C15H7F5O2. The van der Waals surface area contributed by atoms with Crippen LogP contribution < -0.4 is 4.74 Å². The summed E-state index contributed by atoms with van der Waals surface area (Å²) in [7, 11) is 0. The molecule has 1 atom stereocenters. The second kappa shape index (κ2) is 5.08. The van der Waals surface area contributed by atoms with Crippen LogP contribution in [0.15, 0.2) is 24.3 Å². The van der Waals surface area contributed by atoms with Gasteiger partial charge in [0.1, 0.15) is 0 Å². The maximum absolute atomic E-state index is 13.6. The fraction of sp³-hybridized carbons (Fsp3) is 0.133. The van der Waals surface area contributed by atoms with Crippen molar-refractivity contribution in [3.63, 3.8) is 0 Å². The maximum atomic E-state index is 13.6. The third-order valence-corrected chi connectivity index (χ3v) is 3.41. The predicted molar refractivity (Wildman–Crippen MR) is 65.1 cm³/mol. The fourth-order valence-electron chi connectivity index (χ4n) is 2.33. The molecule has 0 spiro atoms. The molecule has 0 aromatic heterocycles. The van der Waals surface area contributed by atoms with Gasteiger partial charge in [0, 0.05) is 12.0 Å². The van der Waals surface area contributed by atoms with E-state index in [0.29, 0.717) is 11.1 Å². The molecule has 114 valence electrons. The minimum absolute atomic E-state index is 0.00546. The van der Waals surface area contributed by atoms with E-state index < -0.39 is 46.7 Å². The summed E-state index contributed by atoms with van der Waals surface area (Å²) >= 11 is 0. The Balaban J connectivity index is 1.98. The van der Waals surface area contributed by atoms with E-state index in [1.54, 1.807) is 18.2 Å². The maximum Gasteiger partial charge on any atom is 0.207 e. The van der Waals surface area contributed by atoms with E-state index in [0.717, 1.165) is 0 Å². The number of carbonyl (C=O) groups excluding carboxylic acids is 1. The second-order valence-electron chi connectivity index (χ2n) is 4.73. The number of Topliss-reactive ketones (excluding diaryl/α,β-unsaturated/α-hetero) is 1. The average molecular weight is 314 g/mol. The first kappa shape index (κ1) is 14.5. The fourth-order valence-corrected chi connectivity index (χ4v) is 2.33. The van der Waals surface area contributed by atoms with Crippen molar-refractivity contribution in [2.75, 3.05) is 0 Å². The van der Waals surface area contributed by atoms with Crippen LogP contribution in [0, 0.1) is 29.1 Å². The Bertz CT molecular complexity index is 759. The van der Waals surface area contributed by atoms with Crippen molar-refractivity contribution in [3.05, 3.63) is 64.5 Å². The van der Waals surface area contributed by atoms with E-state index in [4.69, 9.17) is 4.74 Å². The van der Waals surface area contributed by atoms with Crippen LogP contribution in [-0.4, -0.2) is 11.9 Å². The molecular weight excluding hydrogens is 307 g/mol. The molecule has 0 bridgehead atoms. The van der Waals surface area contributed by atoms with E-state index in [1.807, 2.05) is 0 Å². The summed E-state index contributed by atoms with van der Waals surface area (Å²) in [5.74, 6) is -12.7. The standard InChI is InChI=1S/C15H7F5O2/c16-9-10(17)12(19)15(13(20)11(9)18)22-8-5-6-3-1-2-4-7(6)14(8)21/h1-4,8H,5H2. The Labute approximate surface area is 121 Å². The van der Waals surface area contributed by atoms with Crippen molar-refractivity contribution in [1.82, 2.24) is 0 Å². The largest absolute Gasteiger partial charge is 0.476 e. The van der Waals surface area contributed by atoms with Crippen LogP contribution in [0.4, 0.5) is 22.0 Å². The highest BCUT2D eigenvalue weighted by atomic mass is 19.2. The lowest BCUT2D eigenvalue weighted by atomic mass is 10.1. The van der Waals surface area contributed by atoms with Gasteiger partial charge in [-0.3, -0.25) is 4.79 Å². The van der Waals surface area contributed by atoms with Gasteiger partial charge in [-0.25, -0.2) is 13.2 Å². The van der Waals surface area contributed by atoms with Crippen LogP contribution >= 0.6 is 0 Å². The molecule has 1 aliphatic rings. The van der Waals surface area contributed by atoms with Crippen molar-refractivity contribution >= 4 is 5.78 Å². The van der Waals surface area contributed by atoms with Crippen molar-refractivity contribution in [2.45, 2.75) is 12.5 Å². The lowest BCUT2D eigenvalue weighted by Crippen LogP contribution is -2.25. The van der Waals surface area contributed by atoms with Crippen LogP contribution in [0.25, 0.3) is 0 Å². The molecule has 0 N–H and O–H groups in total. The number of hydrogen-bond acceptors (Lipinski definition) is 2. The molecule has 0 aliphatic heterocycles. The van der Waals surface area contributed by atoms with Crippen molar-refractivity contribution < 1.29 is 31.5 Å². The zero-order chi connectivity index (χ0) is 16.0. The molecule has 0 radical (unpaired) electrons. The zero-order valence-corrected chi connectivity index (χ0v) is 10.8. The van der Waals surface area contributed by atoms with Gasteiger partial charge in [-0.05, 0) is 5.56 Å². The molecule has 0 heterocycles. The third-order valence-electron chi connectivity index (χ3n) is 3.41. The quantitative estimate of drug-likeness (QED) is 0.481. The summed E-state index contributed by atoms with van der Waals surface area (Å²) in [5.41, 5.74) is 0.887. The molecule has 0 amide bonds. The number of hydrogen-bond donors (Lipinski definition) is 0. The summed E-state index contributed by atoms with van der Waals surface area (Å²) in [6, 6.07) is 6.37. The summed E-state index contributed by atoms with van der Waals surface area (Å²) < 4.78 is 71.1. The molecule has 0 saturated heterocycles. The normalized spacial score (nSPS) is 16.8.